The Balaban J connectivity index is 1.67. The number of rotatable bonds is 6. The molecule has 2 aliphatic heterocycles. The summed E-state index contributed by atoms with van der Waals surface area (Å²) in [5.41, 5.74) is 1.09. The maximum atomic E-state index is 10.9. The standard InChI is InChI=1S/C17H19N3O6/c1-10(21)23-6-12-8-25-16(18-12)14-4-3-5-15(20-14)17-19-13(9-26-17)7-24-11(2)22/h3-5,12-13H,6-9H2,1-2H3/t12-,13?/m1/s1. The Hall–Kier alpha value is -2.97. The molecule has 0 spiro atoms. The van der Waals surface area contributed by atoms with Crippen LogP contribution in [0.2, 0.25) is 0 Å². The van der Waals surface area contributed by atoms with Crippen molar-refractivity contribution in [2.45, 2.75) is 25.9 Å². The number of nitrogens with zero attached hydrogens (tertiary/aromatic N) is 3. The first kappa shape index (κ1) is 17.8. The van der Waals surface area contributed by atoms with E-state index in [1.807, 2.05) is 0 Å². The molecule has 138 valence electrons. The molecule has 3 heterocycles. The number of pyridine rings is 1. The molecule has 1 unspecified atom stereocenters. The van der Waals surface area contributed by atoms with E-state index < -0.39 is 0 Å². The summed E-state index contributed by atoms with van der Waals surface area (Å²) in [5, 5.41) is 0. The molecule has 1 aromatic heterocycles. The van der Waals surface area contributed by atoms with Crippen LogP contribution in [0.4, 0.5) is 0 Å². The van der Waals surface area contributed by atoms with Crippen molar-refractivity contribution in [2.24, 2.45) is 9.98 Å². The molecule has 9 nitrogen and oxygen atoms in total. The zero-order valence-electron chi connectivity index (χ0n) is 14.5. The van der Waals surface area contributed by atoms with Crippen LogP contribution in [-0.2, 0) is 28.5 Å². The number of aliphatic imine (C=N–C) groups is 2. The molecule has 1 aromatic rings. The van der Waals surface area contributed by atoms with Gasteiger partial charge in [0, 0.05) is 13.8 Å². The average molecular weight is 361 g/mol. The monoisotopic (exact) mass is 361 g/mol. The van der Waals surface area contributed by atoms with Crippen molar-refractivity contribution < 1.29 is 28.5 Å². The van der Waals surface area contributed by atoms with Gasteiger partial charge >= 0.3 is 11.9 Å². The highest BCUT2D eigenvalue weighted by Gasteiger charge is 2.25. The van der Waals surface area contributed by atoms with E-state index in [0.29, 0.717) is 36.4 Å². The Labute approximate surface area is 150 Å². The maximum absolute atomic E-state index is 10.9. The summed E-state index contributed by atoms with van der Waals surface area (Å²) in [6, 6.07) is 4.85. The van der Waals surface area contributed by atoms with Gasteiger partial charge in [0.15, 0.2) is 0 Å². The molecule has 2 atom stereocenters. The van der Waals surface area contributed by atoms with Gasteiger partial charge in [-0.05, 0) is 12.1 Å². The van der Waals surface area contributed by atoms with Gasteiger partial charge in [-0.2, -0.15) is 0 Å². The van der Waals surface area contributed by atoms with Gasteiger partial charge in [-0.3, -0.25) is 9.59 Å². The van der Waals surface area contributed by atoms with Gasteiger partial charge < -0.3 is 18.9 Å². The second-order valence-electron chi connectivity index (χ2n) is 5.81. The van der Waals surface area contributed by atoms with Gasteiger partial charge in [0.25, 0.3) is 0 Å². The highest BCUT2D eigenvalue weighted by Crippen LogP contribution is 2.15. The topological polar surface area (TPSA) is 109 Å². The van der Waals surface area contributed by atoms with Crippen LogP contribution in [0.15, 0.2) is 28.2 Å². The van der Waals surface area contributed by atoms with Crippen molar-refractivity contribution in [3.63, 3.8) is 0 Å². The number of hydrogen-bond acceptors (Lipinski definition) is 9. The third kappa shape index (κ3) is 4.56. The molecule has 0 N–H and O–H groups in total. The maximum Gasteiger partial charge on any atom is 0.302 e. The zero-order valence-corrected chi connectivity index (χ0v) is 14.5. The Kier molecular flexibility index (Phi) is 5.45. The van der Waals surface area contributed by atoms with Crippen LogP contribution in [0.5, 0.6) is 0 Å². The lowest BCUT2D eigenvalue weighted by atomic mass is 10.3. The van der Waals surface area contributed by atoms with E-state index in [9.17, 15) is 9.59 Å². The molecule has 0 saturated carbocycles. The van der Waals surface area contributed by atoms with Crippen LogP contribution >= 0.6 is 0 Å². The van der Waals surface area contributed by atoms with Crippen LogP contribution in [0, 0.1) is 0 Å². The zero-order chi connectivity index (χ0) is 18.5. The van der Waals surface area contributed by atoms with E-state index in [-0.39, 0.29) is 37.2 Å². The van der Waals surface area contributed by atoms with Gasteiger partial charge in [0.2, 0.25) is 11.8 Å². The minimum absolute atomic E-state index is 0.173. The van der Waals surface area contributed by atoms with Crippen LogP contribution < -0.4 is 0 Å². The van der Waals surface area contributed by atoms with Gasteiger partial charge in [0.1, 0.15) is 49.9 Å². The smallest absolute Gasteiger partial charge is 0.302 e. The minimum Gasteiger partial charge on any atom is -0.474 e. The van der Waals surface area contributed by atoms with Gasteiger partial charge in [-0.1, -0.05) is 6.07 Å². The molecule has 0 fully saturated rings. The summed E-state index contributed by atoms with van der Waals surface area (Å²) < 4.78 is 21.0. The summed E-state index contributed by atoms with van der Waals surface area (Å²) in [5.74, 6) is 0.0695. The fraction of sp³-hybridized carbons (Fsp3) is 0.471. The summed E-state index contributed by atoms with van der Waals surface area (Å²) in [4.78, 5) is 35.0. The van der Waals surface area contributed by atoms with Crippen LogP contribution in [-0.4, -0.2) is 67.2 Å². The quantitative estimate of drug-likeness (QED) is 0.679. The molecule has 0 aromatic carbocycles. The third-order valence-corrected chi connectivity index (χ3v) is 3.57. The third-order valence-electron chi connectivity index (χ3n) is 3.57. The lowest BCUT2D eigenvalue weighted by molar-refractivity contribution is -0.142. The second-order valence-corrected chi connectivity index (χ2v) is 5.81. The summed E-state index contributed by atoms with van der Waals surface area (Å²) >= 11 is 0. The van der Waals surface area contributed by atoms with E-state index in [0.717, 1.165) is 0 Å². The largest absolute Gasteiger partial charge is 0.474 e. The number of esters is 2. The predicted octanol–water partition coefficient (Wildman–Crippen LogP) is 0.499. The molecule has 0 saturated heterocycles. The molecule has 0 bridgehead atoms. The summed E-state index contributed by atoms with van der Waals surface area (Å²) in [6.45, 7) is 3.70. The predicted molar refractivity (Wildman–Crippen MR) is 90.1 cm³/mol. The van der Waals surface area contributed by atoms with Gasteiger partial charge in [-0.15, -0.1) is 0 Å². The average Bonchev–Trinajstić information content (AvgIpc) is 3.28. The van der Waals surface area contributed by atoms with Crippen LogP contribution in [0.1, 0.15) is 25.2 Å². The second kappa shape index (κ2) is 7.94. The van der Waals surface area contributed by atoms with Gasteiger partial charge in [-0.25, -0.2) is 15.0 Å². The van der Waals surface area contributed by atoms with E-state index in [2.05, 4.69) is 15.0 Å². The minimum atomic E-state index is -0.353. The number of carbonyl (C=O) groups is 2. The lowest BCUT2D eigenvalue weighted by Crippen LogP contribution is -2.16. The molecular weight excluding hydrogens is 342 g/mol. The molecule has 0 amide bonds. The Bertz CT molecular complexity index is 701. The lowest BCUT2D eigenvalue weighted by Gasteiger charge is -2.04. The first-order chi connectivity index (χ1) is 12.5. The van der Waals surface area contributed by atoms with E-state index >= 15 is 0 Å². The number of hydrogen-bond donors (Lipinski definition) is 0. The van der Waals surface area contributed by atoms with Crippen molar-refractivity contribution in [2.75, 3.05) is 26.4 Å². The fourth-order valence-electron chi connectivity index (χ4n) is 2.38. The van der Waals surface area contributed by atoms with Crippen LogP contribution in [0.25, 0.3) is 0 Å². The highest BCUT2D eigenvalue weighted by molar-refractivity contribution is 5.97. The first-order valence-corrected chi connectivity index (χ1v) is 8.17. The van der Waals surface area contributed by atoms with Crippen molar-refractivity contribution >= 4 is 23.7 Å². The number of ether oxygens (including phenoxy) is 4. The fourth-order valence-corrected chi connectivity index (χ4v) is 2.38. The molecule has 0 radical (unpaired) electrons. The number of carbonyl (C=O) groups excluding carboxylic acids is 2. The molecule has 3 rings (SSSR count). The van der Waals surface area contributed by atoms with E-state index in [1.54, 1.807) is 18.2 Å². The van der Waals surface area contributed by atoms with Crippen LogP contribution in [0.3, 0.4) is 0 Å². The summed E-state index contributed by atoms with van der Waals surface area (Å²) in [7, 11) is 0. The van der Waals surface area contributed by atoms with Gasteiger partial charge in [0.05, 0.1) is 0 Å². The van der Waals surface area contributed by atoms with E-state index in [1.165, 1.54) is 13.8 Å². The Morgan fingerprint density at radius 3 is 1.85 bits per heavy atom. The SMILES string of the molecule is CC(=O)OCC1COC(c2cccc(C3=N[C@H](COC(C)=O)CO3)n2)=N1. The highest BCUT2D eigenvalue weighted by atomic mass is 16.5. The van der Waals surface area contributed by atoms with Crippen molar-refractivity contribution in [3.05, 3.63) is 29.6 Å². The number of aromatic nitrogens is 1. The summed E-state index contributed by atoms with van der Waals surface area (Å²) in [6.07, 6.45) is 0. The Morgan fingerprint density at radius 1 is 0.962 bits per heavy atom. The molecule has 9 heteroatoms. The van der Waals surface area contributed by atoms with Crippen molar-refractivity contribution in [1.29, 1.82) is 0 Å². The molecule has 0 aliphatic carbocycles. The molecule has 26 heavy (non-hydrogen) atoms. The first-order valence-electron chi connectivity index (χ1n) is 8.17. The normalized spacial score (nSPS) is 21.3. The molecular formula is C17H19N3O6. The van der Waals surface area contributed by atoms with Crippen molar-refractivity contribution in [3.8, 4) is 0 Å². The van der Waals surface area contributed by atoms with Crippen molar-refractivity contribution in [1.82, 2.24) is 4.98 Å². The van der Waals surface area contributed by atoms with E-state index in [4.69, 9.17) is 18.9 Å². The Morgan fingerprint density at radius 2 is 1.42 bits per heavy atom. The molecule has 2 aliphatic rings.